The number of imidazole rings is 1. The molecule has 4 heteroatoms. The lowest BCUT2D eigenvalue weighted by Gasteiger charge is -2.16. The van der Waals surface area contributed by atoms with Crippen LogP contribution in [0.4, 0.5) is 0 Å². The van der Waals surface area contributed by atoms with Crippen molar-refractivity contribution < 1.29 is 9.90 Å². The predicted molar refractivity (Wildman–Crippen MR) is 71.0 cm³/mol. The van der Waals surface area contributed by atoms with Crippen molar-refractivity contribution in [3.05, 3.63) is 29.6 Å². The van der Waals surface area contributed by atoms with Crippen LogP contribution in [0.1, 0.15) is 48.9 Å². The molecule has 1 aromatic heterocycles. The number of carboxylic acids is 1. The lowest BCUT2D eigenvalue weighted by Crippen LogP contribution is -2.09. The van der Waals surface area contributed by atoms with Gasteiger partial charge in [0.1, 0.15) is 5.82 Å². The van der Waals surface area contributed by atoms with Gasteiger partial charge in [0.15, 0.2) is 0 Å². The Bertz CT molecular complexity index is 587. The molecule has 0 aliphatic carbocycles. The van der Waals surface area contributed by atoms with E-state index >= 15 is 0 Å². The molecule has 4 nitrogen and oxygen atoms in total. The molecule has 0 amide bonds. The standard InChI is InChI=1S/C14H18N2O2/c1-4-6-9(2)16-10(3)15-12-8-5-7-11(13(12)16)14(17)18/h5,7-9H,4,6H2,1-3H3,(H,17,18). The molecule has 1 aromatic carbocycles. The minimum absolute atomic E-state index is 0.264. The average molecular weight is 246 g/mol. The third-order valence-electron chi connectivity index (χ3n) is 3.26. The van der Waals surface area contributed by atoms with Crippen molar-refractivity contribution >= 4 is 17.0 Å². The van der Waals surface area contributed by atoms with Crippen LogP contribution in [0.5, 0.6) is 0 Å². The van der Waals surface area contributed by atoms with Crippen LogP contribution in [-0.2, 0) is 0 Å². The highest BCUT2D eigenvalue weighted by Crippen LogP contribution is 2.26. The van der Waals surface area contributed by atoms with Crippen LogP contribution in [0, 0.1) is 6.92 Å². The molecule has 2 rings (SSSR count). The number of benzene rings is 1. The fraction of sp³-hybridized carbons (Fsp3) is 0.429. The van der Waals surface area contributed by atoms with E-state index in [9.17, 15) is 9.90 Å². The average Bonchev–Trinajstić information content (AvgIpc) is 2.64. The summed E-state index contributed by atoms with van der Waals surface area (Å²) in [7, 11) is 0. The summed E-state index contributed by atoms with van der Waals surface area (Å²) in [5.41, 5.74) is 1.83. The topological polar surface area (TPSA) is 55.1 Å². The van der Waals surface area contributed by atoms with Gasteiger partial charge < -0.3 is 9.67 Å². The summed E-state index contributed by atoms with van der Waals surface area (Å²) in [6.07, 6.45) is 2.08. The van der Waals surface area contributed by atoms with Gasteiger partial charge in [0, 0.05) is 6.04 Å². The maximum absolute atomic E-state index is 11.3. The number of hydrogen-bond donors (Lipinski definition) is 1. The van der Waals surface area contributed by atoms with E-state index in [2.05, 4.69) is 18.8 Å². The Kier molecular flexibility index (Phi) is 3.36. The summed E-state index contributed by atoms with van der Waals surface area (Å²) in [6.45, 7) is 6.16. The summed E-state index contributed by atoms with van der Waals surface area (Å²) < 4.78 is 2.04. The number of fused-ring (bicyclic) bond motifs is 1. The Morgan fingerprint density at radius 3 is 2.83 bits per heavy atom. The van der Waals surface area contributed by atoms with Crippen LogP contribution in [0.2, 0.25) is 0 Å². The van der Waals surface area contributed by atoms with E-state index in [-0.39, 0.29) is 6.04 Å². The molecule has 2 aromatic rings. The van der Waals surface area contributed by atoms with Crippen molar-refractivity contribution in [2.75, 3.05) is 0 Å². The molecule has 1 atom stereocenters. The predicted octanol–water partition coefficient (Wildman–Crippen LogP) is 3.40. The highest BCUT2D eigenvalue weighted by molar-refractivity contribution is 6.01. The fourth-order valence-electron chi connectivity index (χ4n) is 2.52. The van der Waals surface area contributed by atoms with Gasteiger partial charge in [-0.1, -0.05) is 19.4 Å². The number of para-hydroxylation sites is 1. The highest BCUT2D eigenvalue weighted by Gasteiger charge is 2.18. The molecular weight excluding hydrogens is 228 g/mol. The first-order valence-electron chi connectivity index (χ1n) is 6.27. The van der Waals surface area contributed by atoms with Crippen LogP contribution in [0.15, 0.2) is 18.2 Å². The summed E-state index contributed by atoms with van der Waals surface area (Å²) in [4.78, 5) is 15.8. The molecule has 0 saturated carbocycles. The Hall–Kier alpha value is -1.84. The molecular formula is C14H18N2O2. The SMILES string of the molecule is CCCC(C)n1c(C)nc2cccc(C(=O)O)c21. The van der Waals surface area contributed by atoms with E-state index in [4.69, 9.17) is 0 Å². The second-order valence-corrected chi connectivity index (χ2v) is 4.65. The van der Waals surface area contributed by atoms with E-state index in [1.54, 1.807) is 12.1 Å². The van der Waals surface area contributed by atoms with E-state index in [0.29, 0.717) is 5.56 Å². The van der Waals surface area contributed by atoms with Gasteiger partial charge >= 0.3 is 5.97 Å². The lowest BCUT2D eigenvalue weighted by atomic mass is 10.1. The molecule has 0 aliphatic heterocycles. The Morgan fingerprint density at radius 2 is 2.22 bits per heavy atom. The van der Waals surface area contributed by atoms with Gasteiger partial charge in [0.2, 0.25) is 0 Å². The monoisotopic (exact) mass is 246 g/mol. The van der Waals surface area contributed by atoms with Crippen molar-refractivity contribution in [1.29, 1.82) is 0 Å². The maximum atomic E-state index is 11.3. The van der Waals surface area contributed by atoms with E-state index in [0.717, 1.165) is 29.7 Å². The molecule has 1 N–H and O–H groups in total. The molecule has 0 radical (unpaired) electrons. The summed E-state index contributed by atoms with van der Waals surface area (Å²) in [5.74, 6) is -0.0231. The first kappa shape index (κ1) is 12.6. The van der Waals surface area contributed by atoms with Gasteiger partial charge in [-0.3, -0.25) is 0 Å². The molecule has 1 heterocycles. The number of rotatable bonds is 4. The van der Waals surface area contributed by atoms with Crippen molar-refractivity contribution in [3.8, 4) is 0 Å². The number of aryl methyl sites for hydroxylation is 1. The molecule has 0 fully saturated rings. The van der Waals surface area contributed by atoms with Gasteiger partial charge in [0.25, 0.3) is 0 Å². The third-order valence-corrected chi connectivity index (χ3v) is 3.26. The zero-order chi connectivity index (χ0) is 13.3. The fourth-order valence-corrected chi connectivity index (χ4v) is 2.52. The van der Waals surface area contributed by atoms with Crippen LogP contribution in [0.25, 0.3) is 11.0 Å². The van der Waals surface area contributed by atoms with Gasteiger partial charge in [0.05, 0.1) is 16.6 Å². The van der Waals surface area contributed by atoms with Crippen molar-refractivity contribution in [3.63, 3.8) is 0 Å². The van der Waals surface area contributed by atoms with Crippen molar-refractivity contribution in [1.82, 2.24) is 9.55 Å². The Balaban J connectivity index is 2.71. The molecule has 0 spiro atoms. The minimum atomic E-state index is -0.898. The van der Waals surface area contributed by atoms with Crippen LogP contribution in [-0.4, -0.2) is 20.6 Å². The first-order valence-corrected chi connectivity index (χ1v) is 6.27. The third kappa shape index (κ3) is 1.98. The Labute approximate surface area is 106 Å². The summed E-state index contributed by atoms with van der Waals surface area (Å²) >= 11 is 0. The number of hydrogen-bond acceptors (Lipinski definition) is 2. The van der Waals surface area contributed by atoms with Crippen LogP contribution < -0.4 is 0 Å². The molecule has 96 valence electrons. The quantitative estimate of drug-likeness (QED) is 0.899. The van der Waals surface area contributed by atoms with Gasteiger partial charge in [-0.25, -0.2) is 9.78 Å². The highest BCUT2D eigenvalue weighted by atomic mass is 16.4. The summed E-state index contributed by atoms with van der Waals surface area (Å²) in [6, 6.07) is 5.51. The van der Waals surface area contributed by atoms with Gasteiger partial charge in [-0.2, -0.15) is 0 Å². The summed E-state index contributed by atoms with van der Waals surface area (Å²) in [5, 5.41) is 9.29. The molecule has 18 heavy (non-hydrogen) atoms. The second-order valence-electron chi connectivity index (χ2n) is 4.65. The maximum Gasteiger partial charge on any atom is 0.337 e. The largest absolute Gasteiger partial charge is 0.478 e. The van der Waals surface area contributed by atoms with E-state index < -0.39 is 5.97 Å². The first-order chi connectivity index (χ1) is 8.56. The lowest BCUT2D eigenvalue weighted by molar-refractivity contribution is 0.0698. The Morgan fingerprint density at radius 1 is 1.50 bits per heavy atom. The van der Waals surface area contributed by atoms with Crippen molar-refractivity contribution in [2.24, 2.45) is 0 Å². The van der Waals surface area contributed by atoms with E-state index in [1.165, 1.54) is 0 Å². The number of carboxylic acid groups (broad SMARTS) is 1. The van der Waals surface area contributed by atoms with Gasteiger partial charge in [-0.15, -0.1) is 0 Å². The number of carbonyl (C=O) groups is 1. The molecule has 0 saturated heterocycles. The van der Waals surface area contributed by atoms with E-state index in [1.807, 2.05) is 17.6 Å². The molecule has 0 aliphatic rings. The van der Waals surface area contributed by atoms with Crippen LogP contribution >= 0.6 is 0 Å². The molecule has 0 bridgehead atoms. The number of aromatic nitrogens is 2. The van der Waals surface area contributed by atoms with Gasteiger partial charge in [-0.05, 0) is 32.4 Å². The molecule has 1 unspecified atom stereocenters. The second kappa shape index (κ2) is 4.80. The number of nitrogens with zero attached hydrogens (tertiary/aromatic N) is 2. The van der Waals surface area contributed by atoms with Crippen LogP contribution in [0.3, 0.4) is 0 Å². The zero-order valence-electron chi connectivity index (χ0n) is 11.0. The smallest absolute Gasteiger partial charge is 0.337 e. The number of aromatic carboxylic acids is 1. The normalized spacial score (nSPS) is 12.8. The zero-order valence-corrected chi connectivity index (χ0v) is 11.0. The minimum Gasteiger partial charge on any atom is -0.478 e. The van der Waals surface area contributed by atoms with Crippen molar-refractivity contribution in [2.45, 2.75) is 39.7 Å².